The lowest BCUT2D eigenvalue weighted by atomic mass is 10.2. The van der Waals surface area contributed by atoms with Crippen molar-refractivity contribution in [2.45, 2.75) is 0 Å². The lowest BCUT2D eigenvalue weighted by Crippen LogP contribution is -2.14. The van der Waals surface area contributed by atoms with E-state index in [1.165, 1.54) is 19.2 Å². The van der Waals surface area contributed by atoms with Crippen molar-refractivity contribution in [3.05, 3.63) is 51.0 Å². The molecule has 0 aliphatic heterocycles. The fourth-order valence-electron chi connectivity index (χ4n) is 1.82. The van der Waals surface area contributed by atoms with E-state index < -0.39 is 5.91 Å². The normalized spacial score (nSPS) is 10.2. The van der Waals surface area contributed by atoms with Crippen molar-refractivity contribution in [1.29, 1.82) is 0 Å². The number of nitrogens with one attached hydrogen (secondary N) is 1. The lowest BCUT2D eigenvalue weighted by Gasteiger charge is -2.13. The summed E-state index contributed by atoms with van der Waals surface area (Å²) in [5, 5.41) is 3.24. The zero-order valence-electron chi connectivity index (χ0n) is 11.7. The zero-order valence-corrected chi connectivity index (χ0v) is 14.0. The highest BCUT2D eigenvalue weighted by molar-refractivity contribution is 6.46. The molecule has 1 N–H and O–H groups in total. The van der Waals surface area contributed by atoms with E-state index in [0.717, 1.165) is 0 Å². The van der Waals surface area contributed by atoms with Crippen LogP contribution in [0.2, 0.25) is 15.1 Å². The van der Waals surface area contributed by atoms with Gasteiger partial charge in [0.25, 0.3) is 5.91 Å². The second kappa shape index (κ2) is 7.09. The molecule has 0 atom stereocenters. The fourth-order valence-corrected chi connectivity index (χ4v) is 2.52. The van der Waals surface area contributed by atoms with Crippen molar-refractivity contribution in [1.82, 2.24) is 0 Å². The molecule has 0 aromatic heterocycles. The molecule has 0 bridgehead atoms. The number of amides is 1. The van der Waals surface area contributed by atoms with Crippen molar-refractivity contribution in [3.8, 4) is 11.5 Å². The molecule has 0 unspecified atom stereocenters. The molecule has 0 saturated heterocycles. The van der Waals surface area contributed by atoms with Crippen LogP contribution in [0.25, 0.3) is 0 Å². The number of methoxy groups -OCH3 is 2. The predicted molar refractivity (Wildman–Crippen MR) is 89.0 cm³/mol. The minimum absolute atomic E-state index is 0.0964. The number of rotatable bonds is 4. The number of anilines is 1. The average molecular weight is 361 g/mol. The Labute approximate surface area is 142 Å². The van der Waals surface area contributed by atoms with Crippen LogP contribution < -0.4 is 14.8 Å². The number of carbonyl (C=O) groups excluding carboxylic acids is 1. The minimum Gasteiger partial charge on any atom is -0.497 e. The SMILES string of the molecule is COc1ccc(NC(=O)c2c(Cl)ccc(Cl)c2Cl)c(OC)c1. The first kappa shape index (κ1) is 16.7. The molecule has 4 nitrogen and oxygen atoms in total. The highest BCUT2D eigenvalue weighted by atomic mass is 35.5. The van der Waals surface area contributed by atoms with Crippen LogP contribution in [0.1, 0.15) is 10.4 Å². The first-order valence-electron chi connectivity index (χ1n) is 6.14. The van der Waals surface area contributed by atoms with Crippen LogP contribution >= 0.6 is 34.8 Å². The monoisotopic (exact) mass is 359 g/mol. The highest BCUT2D eigenvalue weighted by Gasteiger charge is 2.19. The summed E-state index contributed by atoms with van der Waals surface area (Å²) in [5.74, 6) is 0.566. The third-order valence-corrected chi connectivity index (χ3v) is 4.05. The molecule has 2 aromatic rings. The van der Waals surface area contributed by atoms with Gasteiger partial charge in [-0.3, -0.25) is 4.79 Å². The second-order valence-electron chi connectivity index (χ2n) is 4.24. The Bertz CT molecular complexity index is 719. The summed E-state index contributed by atoms with van der Waals surface area (Å²) in [7, 11) is 3.03. The maximum absolute atomic E-state index is 12.4. The van der Waals surface area contributed by atoms with E-state index in [0.29, 0.717) is 17.2 Å². The maximum Gasteiger partial charge on any atom is 0.258 e. The van der Waals surface area contributed by atoms with Gasteiger partial charge in [-0.15, -0.1) is 0 Å². The highest BCUT2D eigenvalue weighted by Crippen LogP contribution is 2.34. The number of carbonyl (C=O) groups is 1. The van der Waals surface area contributed by atoms with E-state index in [4.69, 9.17) is 44.3 Å². The quantitative estimate of drug-likeness (QED) is 0.788. The van der Waals surface area contributed by atoms with Crippen LogP contribution in [0.5, 0.6) is 11.5 Å². The van der Waals surface area contributed by atoms with Gasteiger partial charge in [0.15, 0.2) is 0 Å². The molecule has 116 valence electrons. The summed E-state index contributed by atoms with van der Waals surface area (Å²) in [4.78, 5) is 12.4. The zero-order chi connectivity index (χ0) is 16.3. The minimum atomic E-state index is -0.485. The van der Waals surface area contributed by atoms with Crippen LogP contribution in [0.4, 0.5) is 5.69 Å². The van der Waals surface area contributed by atoms with Gasteiger partial charge in [-0.1, -0.05) is 34.8 Å². The van der Waals surface area contributed by atoms with E-state index in [-0.39, 0.29) is 20.6 Å². The molecule has 0 radical (unpaired) electrons. The molecule has 1 amide bonds. The van der Waals surface area contributed by atoms with Gasteiger partial charge in [0.05, 0.1) is 40.5 Å². The molecule has 0 aliphatic carbocycles. The van der Waals surface area contributed by atoms with E-state index in [2.05, 4.69) is 5.32 Å². The molecule has 0 fully saturated rings. The second-order valence-corrected chi connectivity index (χ2v) is 5.43. The van der Waals surface area contributed by atoms with E-state index in [9.17, 15) is 4.79 Å². The predicted octanol–water partition coefficient (Wildman–Crippen LogP) is 4.92. The van der Waals surface area contributed by atoms with E-state index in [1.807, 2.05) is 0 Å². The molecule has 0 spiro atoms. The van der Waals surface area contributed by atoms with Crippen molar-refractivity contribution in [2.24, 2.45) is 0 Å². The summed E-state index contributed by atoms with van der Waals surface area (Å²) in [5.41, 5.74) is 0.564. The van der Waals surface area contributed by atoms with Crippen LogP contribution in [-0.2, 0) is 0 Å². The third kappa shape index (κ3) is 3.40. The van der Waals surface area contributed by atoms with Crippen LogP contribution in [0.15, 0.2) is 30.3 Å². The third-order valence-electron chi connectivity index (χ3n) is 2.93. The Balaban J connectivity index is 2.36. The Morgan fingerprint density at radius 3 is 2.32 bits per heavy atom. The molecule has 0 heterocycles. The summed E-state index contributed by atoms with van der Waals surface area (Å²) >= 11 is 18.0. The number of ether oxygens (including phenoxy) is 2. The van der Waals surface area contributed by atoms with Gasteiger partial charge in [0.1, 0.15) is 11.5 Å². The fraction of sp³-hybridized carbons (Fsp3) is 0.133. The summed E-state index contributed by atoms with van der Waals surface area (Å²) in [6.07, 6.45) is 0. The van der Waals surface area contributed by atoms with Crippen molar-refractivity contribution < 1.29 is 14.3 Å². The molecular weight excluding hydrogens is 349 g/mol. The largest absolute Gasteiger partial charge is 0.497 e. The Morgan fingerprint density at radius 2 is 1.68 bits per heavy atom. The van der Waals surface area contributed by atoms with Gasteiger partial charge in [-0.25, -0.2) is 0 Å². The number of halogens is 3. The molecule has 22 heavy (non-hydrogen) atoms. The summed E-state index contributed by atoms with van der Waals surface area (Å²) < 4.78 is 10.3. The summed E-state index contributed by atoms with van der Waals surface area (Å²) in [6.45, 7) is 0. The standard InChI is InChI=1S/C15H12Cl3NO3/c1-21-8-3-6-11(12(7-8)22-2)19-15(20)13-9(16)4-5-10(17)14(13)18/h3-7H,1-2H3,(H,19,20). The first-order chi connectivity index (χ1) is 10.5. The first-order valence-corrected chi connectivity index (χ1v) is 7.28. The molecule has 7 heteroatoms. The van der Waals surface area contributed by atoms with Gasteiger partial charge >= 0.3 is 0 Å². The maximum atomic E-state index is 12.4. The van der Waals surface area contributed by atoms with Gasteiger partial charge in [0, 0.05) is 6.07 Å². The molecule has 2 rings (SSSR count). The van der Waals surface area contributed by atoms with Gasteiger partial charge in [-0.2, -0.15) is 0 Å². The van der Waals surface area contributed by atoms with Gasteiger partial charge in [-0.05, 0) is 24.3 Å². The average Bonchev–Trinajstić information content (AvgIpc) is 2.51. The van der Waals surface area contributed by atoms with Crippen LogP contribution in [0, 0.1) is 0 Å². The Morgan fingerprint density at radius 1 is 1.00 bits per heavy atom. The summed E-state index contributed by atoms with van der Waals surface area (Å²) in [6, 6.07) is 8.03. The topological polar surface area (TPSA) is 47.6 Å². The van der Waals surface area contributed by atoms with Crippen molar-refractivity contribution >= 4 is 46.4 Å². The Kier molecular flexibility index (Phi) is 5.40. The molecule has 0 aliphatic rings. The number of hydrogen-bond acceptors (Lipinski definition) is 3. The van der Waals surface area contributed by atoms with E-state index in [1.54, 1.807) is 25.3 Å². The van der Waals surface area contributed by atoms with Gasteiger partial charge in [0.2, 0.25) is 0 Å². The lowest BCUT2D eigenvalue weighted by molar-refractivity contribution is 0.102. The number of hydrogen-bond donors (Lipinski definition) is 1. The van der Waals surface area contributed by atoms with Gasteiger partial charge < -0.3 is 14.8 Å². The van der Waals surface area contributed by atoms with Crippen LogP contribution in [-0.4, -0.2) is 20.1 Å². The van der Waals surface area contributed by atoms with Crippen molar-refractivity contribution in [3.63, 3.8) is 0 Å². The number of benzene rings is 2. The van der Waals surface area contributed by atoms with E-state index >= 15 is 0 Å². The molecule has 2 aromatic carbocycles. The molecular formula is C15H12Cl3NO3. The van der Waals surface area contributed by atoms with Crippen LogP contribution in [0.3, 0.4) is 0 Å². The smallest absolute Gasteiger partial charge is 0.258 e. The van der Waals surface area contributed by atoms with Crippen molar-refractivity contribution in [2.75, 3.05) is 19.5 Å². The Hall–Kier alpha value is -1.62. The molecule has 0 saturated carbocycles.